The number of fused-ring (bicyclic) bond motifs is 1. The summed E-state index contributed by atoms with van der Waals surface area (Å²) in [5, 5.41) is 0. The molecule has 0 aliphatic heterocycles. The summed E-state index contributed by atoms with van der Waals surface area (Å²) in [4.78, 5) is 0. The van der Waals surface area contributed by atoms with Crippen LogP contribution in [0.15, 0.2) is 42.5 Å². The molecule has 2 aromatic rings. The molecule has 0 saturated carbocycles. The monoisotopic (exact) mass is 283 g/mol. The van der Waals surface area contributed by atoms with Gasteiger partial charge in [-0.3, -0.25) is 0 Å². The highest BCUT2D eigenvalue weighted by Crippen LogP contribution is 2.37. The lowest BCUT2D eigenvalue weighted by Gasteiger charge is -2.27. The molecule has 2 aromatic carbocycles. The number of hydrogen-bond acceptors (Lipinski definition) is 3. The fourth-order valence-electron chi connectivity index (χ4n) is 2.93. The number of aryl methyl sites for hydroxylation is 1. The van der Waals surface area contributed by atoms with Crippen molar-refractivity contribution >= 4 is 0 Å². The standard InChI is InChI=1S/C18H21NO2/c1-20-17-10-9-13(12-19)11-18(17)21-16-8-4-6-14-5-2-3-7-15(14)16/h2-3,5,7,9-11,16H,4,6,8,12,19H2,1H3. The van der Waals surface area contributed by atoms with E-state index in [0.29, 0.717) is 6.54 Å². The largest absolute Gasteiger partial charge is 0.493 e. The Hall–Kier alpha value is -2.00. The van der Waals surface area contributed by atoms with E-state index in [9.17, 15) is 0 Å². The van der Waals surface area contributed by atoms with E-state index < -0.39 is 0 Å². The van der Waals surface area contributed by atoms with Crippen LogP contribution in [0.25, 0.3) is 0 Å². The first-order valence-corrected chi connectivity index (χ1v) is 7.43. The topological polar surface area (TPSA) is 44.5 Å². The molecule has 2 N–H and O–H groups in total. The Morgan fingerprint density at radius 1 is 1.14 bits per heavy atom. The second-order valence-corrected chi connectivity index (χ2v) is 5.39. The van der Waals surface area contributed by atoms with E-state index in [1.165, 1.54) is 11.1 Å². The predicted octanol–water partition coefficient (Wildman–Crippen LogP) is 3.61. The van der Waals surface area contributed by atoms with Gasteiger partial charge in [0.05, 0.1) is 7.11 Å². The molecule has 0 radical (unpaired) electrons. The summed E-state index contributed by atoms with van der Waals surface area (Å²) in [5.74, 6) is 1.54. The molecule has 110 valence electrons. The Bertz CT molecular complexity index is 624. The minimum Gasteiger partial charge on any atom is -0.493 e. The summed E-state index contributed by atoms with van der Waals surface area (Å²) in [5.41, 5.74) is 9.46. The lowest BCUT2D eigenvalue weighted by atomic mass is 9.89. The van der Waals surface area contributed by atoms with Crippen LogP contribution in [-0.2, 0) is 13.0 Å². The third-order valence-corrected chi connectivity index (χ3v) is 4.05. The molecule has 0 spiro atoms. The fourth-order valence-corrected chi connectivity index (χ4v) is 2.93. The van der Waals surface area contributed by atoms with Gasteiger partial charge in [0.1, 0.15) is 6.10 Å². The Kier molecular flexibility index (Phi) is 4.11. The second kappa shape index (κ2) is 6.19. The van der Waals surface area contributed by atoms with E-state index >= 15 is 0 Å². The molecule has 3 nitrogen and oxygen atoms in total. The van der Waals surface area contributed by atoms with Gasteiger partial charge in [-0.25, -0.2) is 0 Å². The molecule has 3 rings (SSSR count). The molecule has 0 heterocycles. The normalized spacial score (nSPS) is 17.1. The van der Waals surface area contributed by atoms with Crippen molar-refractivity contribution in [2.24, 2.45) is 5.73 Å². The molecule has 1 atom stereocenters. The molecule has 0 amide bonds. The maximum atomic E-state index is 6.27. The Morgan fingerprint density at radius 2 is 2.00 bits per heavy atom. The van der Waals surface area contributed by atoms with E-state index in [0.717, 1.165) is 36.3 Å². The van der Waals surface area contributed by atoms with Crippen LogP contribution in [0.5, 0.6) is 11.5 Å². The molecule has 0 bridgehead atoms. The molecular formula is C18H21NO2. The van der Waals surface area contributed by atoms with Crippen LogP contribution in [-0.4, -0.2) is 7.11 Å². The number of hydrogen-bond donors (Lipinski definition) is 1. The molecule has 0 fully saturated rings. The minimum absolute atomic E-state index is 0.0943. The lowest BCUT2D eigenvalue weighted by molar-refractivity contribution is 0.176. The molecular weight excluding hydrogens is 262 g/mol. The van der Waals surface area contributed by atoms with Crippen molar-refractivity contribution in [1.82, 2.24) is 0 Å². The summed E-state index contributed by atoms with van der Waals surface area (Å²) in [6.45, 7) is 0.502. The van der Waals surface area contributed by atoms with Gasteiger partial charge < -0.3 is 15.2 Å². The number of ether oxygens (including phenoxy) is 2. The van der Waals surface area contributed by atoms with Gasteiger partial charge in [-0.15, -0.1) is 0 Å². The van der Waals surface area contributed by atoms with Gasteiger partial charge in [-0.2, -0.15) is 0 Å². The van der Waals surface area contributed by atoms with E-state index in [1.54, 1.807) is 7.11 Å². The van der Waals surface area contributed by atoms with Gasteiger partial charge in [-0.05, 0) is 48.1 Å². The third-order valence-electron chi connectivity index (χ3n) is 4.05. The van der Waals surface area contributed by atoms with Crippen molar-refractivity contribution < 1.29 is 9.47 Å². The predicted molar refractivity (Wildman–Crippen MR) is 83.6 cm³/mol. The highest BCUT2D eigenvalue weighted by molar-refractivity contribution is 5.44. The summed E-state index contributed by atoms with van der Waals surface area (Å²) in [6.07, 6.45) is 3.42. The summed E-state index contributed by atoms with van der Waals surface area (Å²) >= 11 is 0. The molecule has 1 aliphatic rings. The van der Waals surface area contributed by atoms with Crippen molar-refractivity contribution in [2.75, 3.05) is 7.11 Å². The molecule has 0 saturated heterocycles. The van der Waals surface area contributed by atoms with Crippen molar-refractivity contribution in [3.63, 3.8) is 0 Å². The first kappa shape index (κ1) is 14.0. The van der Waals surface area contributed by atoms with Crippen LogP contribution in [0, 0.1) is 0 Å². The third kappa shape index (κ3) is 2.88. The molecule has 3 heteroatoms. The lowest BCUT2D eigenvalue weighted by Crippen LogP contribution is -2.15. The zero-order chi connectivity index (χ0) is 14.7. The maximum Gasteiger partial charge on any atom is 0.162 e. The Balaban J connectivity index is 1.90. The number of rotatable bonds is 4. The Morgan fingerprint density at radius 3 is 2.81 bits per heavy atom. The summed E-state index contributed by atoms with van der Waals surface area (Å²) < 4.78 is 11.7. The van der Waals surface area contributed by atoms with Crippen LogP contribution in [0.4, 0.5) is 0 Å². The molecule has 1 unspecified atom stereocenters. The van der Waals surface area contributed by atoms with Gasteiger partial charge in [0.15, 0.2) is 11.5 Å². The van der Waals surface area contributed by atoms with Crippen molar-refractivity contribution in [1.29, 1.82) is 0 Å². The first-order chi connectivity index (χ1) is 10.3. The first-order valence-electron chi connectivity index (χ1n) is 7.43. The molecule has 21 heavy (non-hydrogen) atoms. The smallest absolute Gasteiger partial charge is 0.162 e. The van der Waals surface area contributed by atoms with Crippen LogP contribution in [0.1, 0.15) is 35.6 Å². The van der Waals surface area contributed by atoms with Gasteiger partial charge in [0.25, 0.3) is 0 Å². The van der Waals surface area contributed by atoms with E-state index in [4.69, 9.17) is 15.2 Å². The average molecular weight is 283 g/mol. The van der Waals surface area contributed by atoms with Crippen LogP contribution >= 0.6 is 0 Å². The van der Waals surface area contributed by atoms with Crippen LogP contribution in [0.2, 0.25) is 0 Å². The van der Waals surface area contributed by atoms with E-state index in [-0.39, 0.29) is 6.10 Å². The number of benzene rings is 2. The SMILES string of the molecule is COc1ccc(CN)cc1OC1CCCc2ccccc21. The van der Waals surface area contributed by atoms with Crippen molar-refractivity contribution in [3.05, 3.63) is 59.2 Å². The molecule has 1 aliphatic carbocycles. The van der Waals surface area contributed by atoms with E-state index in [2.05, 4.69) is 24.3 Å². The van der Waals surface area contributed by atoms with Gasteiger partial charge >= 0.3 is 0 Å². The summed E-state index contributed by atoms with van der Waals surface area (Å²) in [7, 11) is 1.67. The average Bonchev–Trinajstić information content (AvgIpc) is 2.55. The van der Waals surface area contributed by atoms with Gasteiger partial charge in [0, 0.05) is 6.54 Å². The van der Waals surface area contributed by atoms with Gasteiger partial charge in [-0.1, -0.05) is 30.3 Å². The van der Waals surface area contributed by atoms with E-state index in [1.807, 2.05) is 18.2 Å². The Labute approximate surface area is 125 Å². The fraction of sp³-hybridized carbons (Fsp3) is 0.333. The van der Waals surface area contributed by atoms with Crippen molar-refractivity contribution in [2.45, 2.75) is 31.9 Å². The quantitative estimate of drug-likeness (QED) is 0.932. The van der Waals surface area contributed by atoms with Crippen LogP contribution in [0.3, 0.4) is 0 Å². The highest BCUT2D eigenvalue weighted by Gasteiger charge is 2.22. The highest BCUT2D eigenvalue weighted by atomic mass is 16.5. The minimum atomic E-state index is 0.0943. The van der Waals surface area contributed by atoms with Gasteiger partial charge in [0.2, 0.25) is 0 Å². The van der Waals surface area contributed by atoms with Crippen molar-refractivity contribution in [3.8, 4) is 11.5 Å². The van der Waals surface area contributed by atoms with Crippen LogP contribution < -0.4 is 15.2 Å². The zero-order valence-corrected chi connectivity index (χ0v) is 12.3. The zero-order valence-electron chi connectivity index (χ0n) is 12.3. The maximum absolute atomic E-state index is 6.27. The number of methoxy groups -OCH3 is 1. The second-order valence-electron chi connectivity index (χ2n) is 5.39. The summed E-state index contributed by atoms with van der Waals surface area (Å²) in [6, 6.07) is 14.4. The molecule has 0 aromatic heterocycles. The number of nitrogens with two attached hydrogens (primary N) is 1.